The van der Waals surface area contributed by atoms with E-state index in [1.807, 2.05) is 0 Å². The van der Waals surface area contributed by atoms with Crippen LogP contribution in [0.2, 0.25) is 0 Å². The van der Waals surface area contributed by atoms with Crippen LogP contribution in [0.4, 0.5) is 0 Å². The number of carbonyl (C=O) groups is 1. The van der Waals surface area contributed by atoms with Gasteiger partial charge in [-0.2, -0.15) is 0 Å². The van der Waals surface area contributed by atoms with E-state index in [4.69, 9.17) is 0 Å². The van der Waals surface area contributed by atoms with Gasteiger partial charge in [-0.25, -0.2) is 8.42 Å². The lowest BCUT2D eigenvalue weighted by Crippen LogP contribution is -2.42. The molecule has 82 valence electrons. The van der Waals surface area contributed by atoms with Gasteiger partial charge in [-0.1, -0.05) is 0 Å². The Bertz CT molecular complexity index is 311. The first-order chi connectivity index (χ1) is 6.44. The molecule has 1 rings (SSSR count). The molecular formula is C8H15NO4S. The number of nitrogens with one attached hydrogen (secondary N) is 1. The van der Waals surface area contributed by atoms with E-state index in [9.17, 15) is 13.2 Å². The summed E-state index contributed by atoms with van der Waals surface area (Å²) in [5.41, 5.74) is 0. The Morgan fingerprint density at radius 1 is 1.57 bits per heavy atom. The highest BCUT2D eigenvalue weighted by Gasteiger charge is 2.29. The number of rotatable bonds is 3. The first-order valence-corrected chi connectivity index (χ1v) is 6.31. The molecule has 1 fully saturated rings. The highest BCUT2D eigenvalue weighted by atomic mass is 32.2. The lowest BCUT2D eigenvalue weighted by Gasteiger charge is -2.15. The smallest absolute Gasteiger partial charge is 0.322 e. The van der Waals surface area contributed by atoms with E-state index in [2.05, 4.69) is 10.1 Å². The Hall–Kier alpha value is -0.620. The quantitative estimate of drug-likeness (QED) is 0.640. The summed E-state index contributed by atoms with van der Waals surface area (Å²) < 4.78 is 26.7. The summed E-state index contributed by atoms with van der Waals surface area (Å²) in [4.78, 5) is 11.0. The lowest BCUT2D eigenvalue weighted by atomic mass is 10.2. The second-order valence-electron chi connectivity index (χ2n) is 3.51. The third-order valence-electron chi connectivity index (χ3n) is 2.27. The highest BCUT2D eigenvalue weighted by molar-refractivity contribution is 7.91. The van der Waals surface area contributed by atoms with Gasteiger partial charge in [0.15, 0.2) is 9.84 Å². The summed E-state index contributed by atoms with van der Waals surface area (Å²) in [5, 5.41) is 2.93. The van der Waals surface area contributed by atoms with Crippen molar-refractivity contribution in [2.75, 3.05) is 18.6 Å². The van der Waals surface area contributed by atoms with Gasteiger partial charge in [0.2, 0.25) is 0 Å². The summed E-state index contributed by atoms with van der Waals surface area (Å²) >= 11 is 0. The van der Waals surface area contributed by atoms with Crippen molar-refractivity contribution in [3.8, 4) is 0 Å². The van der Waals surface area contributed by atoms with Crippen LogP contribution in [0.3, 0.4) is 0 Å². The van der Waals surface area contributed by atoms with Crippen LogP contribution in [0, 0.1) is 0 Å². The molecule has 6 heteroatoms. The number of hydrogen-bond acceptors (Lipinski definition) is 5. The second kappa shape index (κ2) is 4.27. The van der Waals surface area contributed by atoms with Gasteiger partial charge in [0, 0.05) is 6.04 Å². The number of methoxy groups -OCH3 is 1. The van der Waals surface area contributed by atoms with E-state index >= 15 is 0 Å². The van der Waals surface area contributed by atoms with Crippen LogP contribution in [-0.2, 0) is 19.4 Å². The van der Waals surface area contributed by atoms with Gasteiger partial charge in [-0.3, -0.25) is 4.79 Å². The van der Waals surface area contributed by atoms with Crippen molar-refractivity contribution >= 4 is 15.8 Å². The minimum atomic E-state index is -2.89. The SMILES string of the molecule is COC(=O)C(C)NC1CCS(=O)(=O)C1. The van der Waals surface area contributed by atoms with E-state index in [0.29, 0.717) is 6.42 Å². The van der Waals surface area contributed by atoms with Crippen LogP contribution >= 0.6 is 0 Å². The maximum atomic E-state index is 11.1. The van der Waals surface area contributed by atoms with Crippen LogP contribution in [0.15, 0.2) is 0 Å². The standard InChI is InChI=1S/C8H15NO4S/c1-6(8(10)13-2)9-7-3-4-14(11,12)5-7/h6-7,9H,3-5H2,1-2H3. The van der Waals surface area contributed by atoms with E-state index in [1.54, 1.807) is 6.92 Å². The molecule has 0 saturated carbocycles. The van der Waals surface area contributed by atoms with Crippen molar-refractivity contribution in [2.24, 2.45) is 0 Å². The van der Waals surface area contributed by atoms with Crippen molar-refractivity contribution in [1.82, 2.24) is 5.32 Å². The molecule has 0 spiro atoms. The Labute approximate surface area is 83.7 Å². The van der Waals surface area contributed by atoms with E-state index in [1.165, 1.54) is 7.11 Å². The van der Waals surface area contributed by atoms with Crippen molar-refractivity contribution < 1.29 is 17.9 Å². The molecule has 0 bridgehead atoms. The molecule has 1 heterocycles. The number of hydrogen-bond donors (Lipinski definition) is 1. The molecule has 0 aromatic rings. The monoisotopic (exact) mass is 221 g/mol. The molecule has 2 atom stereocenters. The number of sulfone groups is 1. The first-order valence-electron chi connectivity index (χ1n) is 4.49. The van der Waals surface area contributed by atoms with Gasteiger partial charge < -0.3 is 10.1 Å². The normalized spacial score (nSPS) is 27.1. The van der Waals surface area contributed by atoms with Gasteiger partial charge in [0.1, 0.15) is 6.04 Å². The van der Waals surface area contributed by atoms with E-state index in [0.717, 1.165) is 0 Å². The van der Waals surface area contributed by atoms with Crippen LogP contribution in [0.5, 0.6) is 0 Å². The highest BCUT2D eigenvalue weighted by Crippen LogP contribution is 2.11. The second-order valence-corrected chi connectivity index (χ2v) is 5.74. The summed E-state index contributed by atoms with van der Waals surface area (Å²) in [7, 11) is -1.58. The summed E-state index contributed by atoms with van der Waals surface area (Å²) in [6, 6.07) is -0.563. The van der Waals surface area contributed by atoms with Crippen LogP contribution in [0.25, 0.3) is 0 Å². The number of ether oxygens (including phenoxy) is 1. The predicted octanol–water partition coefficient (Wildman–Crippen LogP) is -0.675. The van der Waals surface area contributed by atoms with Gasteiger partial charge in [0.25, 0.3) is 0 Å². The molecule has 0 amide bonds. The molecule has 0 aromatic heterocycles. The van der Waals surface area contributed by atoms with Crippen molar-refractivity contribution in [2.45, 2.75) is 25.4 Å². The molecule has 0 aromatic carbocycles. The summed E-state index contributed by atoms with van der Waals surface area (Å²) in [6.07, 6.45) is 0.573. The fourth-order valence-corrected chi connectivity index (χ4v) is 3.21. The summed E-state index contributed by atoms with van der Waals surface area (Å²) in [6.45, 7) is 1.66. The average molecular weight is 221 g/mol. The van der Waals surface area contributed by atoms with Gasteiger partial charge in [-0.15, -0.1) is 0 Å². The predicted molar refractivity (Wildman–Crippen MR) is 51.7 cm³/mol. The largest absolute Gasteiger partial charge is 0.468 e. The molecule has 2 unspecified atom stereocenters. The van der Waals surface area contributed by atoms with Crippen molar-refractivity contribution in [3.63, 3.8) is 0 Å². The minimum Gasteiger partial charge on any atom is -0.468 e. The Balaban J connectivity index is 2.43. The van der Waals surface area contributed by atoms with Crippen LogP contribution < -0.4 is 5.32 Å². The first kappa shape index (κ1) is 11.5. The van der Waals surface area contributed by atoms with E-state index in [-0.39, 0.29) is 23.5 Å². The molecular weight excluding hydrogens is 206 g/mol. The van der Waals surface area contributed by atoms with E-state index < -0.39 is 15.9 Å². The van der Waals surface area contributed by atoms with Gasteiger partial charge in [-0.05, 0) is 13.3 Å². The topological polar surface area (TPSA) is 72.5 Å². The van der Waals surface area contributed by atoms with Crippen molar-refractivity contribution in [1.29, 1.82) is 0 Å². The molecule has 1 saturated heterocycles. The van der Waals surface area contributed by atoms with Crippen molar-refractivity contribution in [3.05, 3.63) is 0 Å². The lowest BCUT2D eigenvalue weighted by molar-refractivity contribution is -0.142. The fraction of sp³-hybridized carbons (Fsp3) is 0.875. The Morgan fingerprint density at radius 3 is 2.64 bits per heavy atom. The maximum Gasteiger partial charge on any atom is 0.322 e. The molecule has 1 aliphatic heterocycles. The maximum absolute atomic E-state index is 11.1. The van der Waals surface area contributed by atoms with Gasteiger partial charge >= 0.3 is 5.97 Å². The van der Waals surface area contributed by atoms with Crippen LogP contribution in [-0.4, -0.2) is 45.1 Å². The third kappa shape index (κ3) is 2.95. The molecule has 1 aliphatic rings. The molecule has 5 nitrogen and oxygen atoms in total. The van der Waals surface area contributed by atoms with Gasteiger partial charge in [0.05, 0.1) is 18.6 Å². The zero-order valence-corrected chi connectivity index (χ0v) is 9.13. The molecule has 1 N–H and O–H groups in total. The zero-order valence-electron chi connectivity index (χ0n) is 8.32. The molecule has 0 aliphatic carbocycles. The third-order valence-corrected chi connectivity index (χ3v) is 4.04. The Morgan fingerprint density at radius 2 is 2.21 bits per heavy atom. The number of carbonyl (C=O) groups excluding carboxylic acids is 1. The van der Waals surface area contributed by atoms with Crippen LogP contribution in [0.1, 0.15) is 13.3 Å². The Kier molecular flexibility index (Phi) is 3.49. The average Bonchev–Trinajstić information content (AvgIpc) is 2.44. The summed E-state index contributed by atoms with van der Waals surface area (Å²) in [5.74, 6) is -0.0401. The molecule has 0 radical (unpaired) electrons. The fourth-order valence-electron chi connectivity index (χ4n) is 1.52. The zero-order chi connectivity index (χ0) is 10.8. The number of esters is 1. The minimum absolute atomic E-state index is 0.117. The molecule has 14 heavy (non-hydrogen) atoms.